The van der Waals surface area contributed by atoms with E-state index >= 15 is 0 Å². The van der Waals surface area contributed by atoms with Crippen LogP contribution in [0.1, 0.15) is 0 Å². The zero-order valence-corrected chi connectivity index (χ0v) is 7.01. The molecule has 0 unspecified atom stereocenters. The first-order chi connectivity index (χ1) is 6.45. The van der Waals surface area contributed by atoms with Gasteiger partial charge in [-0.3, -0.25) is 4.98 Å². The highest BCUT2D eigenvalue weighted by molar-refractivity contribution is 5.86. The van der Waals surface area contributed by atoms with Crippen molar-refractivity contribution in [1.82, 2.24) is 9.38 Å². The number of hydrogen-bond acceptors (Lipinski definition) is 1. The molecule has 0 aliphatic rings. The number of para-hydroxylation sites is 1. The molecule has 0 bridgehead atoms. The molecule has 2 aromatic heterocycles. The molecule has 0 atom stereocenters. The van der Waals surface area contributed by atoms with Gasteiger partial charge in [0, 0.05) is 17.8 Å². The van der Waals surface area contributed by atoms with Crippen LogP contribution in [0.5, 0.6) is 0 Å². The molecule has 3 rings (SSSR count). The molecule has 0 aliphatic heterocycles. The molecule has 0 spiro atoms. The van der Waals surface area contributed by atoms with Gasteiger partial charge >= 0.3 is 0 Å². The van der Waals surface area contributed by atoms with Gasteiger partial charge in [-0.25, -0.2) is 0 Å². The predicted octanol–water partition coefficient (Wildman–Crippen LogP) is 2.49. The van der Waals surface area contributed by atoms with Gasteiger partial charge in [-0.15, -0.1) is 0 Å². The van der Waals surface area contributed by atoms with Crippen molar-refractivity contribution >= 4 is 16.4 Å². The topological polar surface area (TPSA) is 17.3 Å². The highest BCUT2D eigenvalue weighted by Crippen LogP contribution is 2.18. The normalized spacial score (nSPS) is 11.1. The van der Waals surface area contributed by atoms with Crippen LogP contribution in [0.25, 0.3) is 16.4 Å². The summed E-state index contributed by atoms with van der Waals surface area (Å²) in [6.07, 6.45) is 5.66. The molecular weight excluding hydrogens is 160 g/mol. The third-order valence-electron chi connectivity index (χ3n) is 2.29. The lowest BCUT2D eigenvalue weighted by Gasteiger charge is -1.93. The standard InChI is InChI=1S/C11H8N2/c1-2-4-11-9(3-1)7-10-8-12-5-6-13(10)11/h1-8H. The maximum atomic E-state index is 4.09. The largest absolute Gasteiger partial charge is 0.313 e. The summed E-state index contributed by atoms with van der Waals surface area (Å²) in [5.74, 6) is 0. The Balaban J connectivity index is 2.64. The Labute approximate surface area is 75.5 Å². The van der Waals surface area contributed by atoms with Crippen LogP contribution in [0, 0.1) is 0 Å². The summed E-state index contributed by atoms with van der Waals surface area (Å²) >= 11 is 0. The van der Waals surface area contributed by atoms with Crippen molar-refractivity contribution in [3.63, 3.8) is 0 Å². The third kappa shape index (κ3) is 0.855. The highest BCUT2D eigenvalue weighted by atomic mass is 14.9. The van der Waals surface area contributed by atoms with Gasteiger partial charge in [0.15, 0.2) is 0 Å². The summed E-state index contributed by atoms with van der Waals surface area (Å²) < 4.78 is 2.14. The van der Waals surface area contributed by atoms with E-state index < -0.39 is 0 Å². The first-order valence-corrected chi connectivity index (χ1v) is 4.25. The van der Waals surface area contributed by atoms with Crippen molar-refractivity contribution in [3.05, 3.63) is 48.9 Å². The molecule has 62 valence electrons. The van der Waals surface area contributed by atoms with E-state index in [4.69, 9.17) is 0 Å². The van der Waals surface area contributed by atoms with Crippen molar-refractivity contribution in [2.75, 3.05) is 0 Å². The number of rotatable bonds is 0. The summed E-state index contributed by atoms with van der Waals surface area (Å²) in [4.78, 5) is 4.09. The van der Waals surface area contributed by atoms with Crippen molar-refractivity contribution in [1.29, 1.82) is 0 Å². The molecule has 0 N–H and O–H groups in total. The summed E-state index contributed by atoms with van der Waals surface area (Å²) in [6, 6.07) is 10.5. The van der Waals surface area contributed by atoms with E-state index in [1.165, 1.54) is 10.9 Å². The maximum absolute atomic E-state index is 4.09. The molecule has 2 heteroatoms. The SMILES string of the molecule is c1ccc2c(c1)cc1cnccn12. The van der Waals surface area contributed by atoms with E-state index in [0.717, 1.165) is 5.52 Å². The number of nitrogens with zero attached hydrogens (tertiary/aromatic N) is 2. The summed E-state index contributed by atoms with van der Waals surface area (Å²) in [5.41, 5.74) is 2.38. The Kier molecular flexibility index (Phi) is 1.19. The van der Waals surface area contributed by atoms with Gasteiger partial charge in [0.25, 0.3) is 0 Å². The fourth-order valence-corrected chi connectivity index (χ4v) is 1.69. The Hall–Kier alpha value is -1.83. The van der Waals surface area contributed by atoms with E-state index in [-0.39, 0.29) is 0 Å². The summed E-state index contributed by atoms with van der Waals surface area (Å²) in [5, 5.41) is 1.26. The van der Waals surface area contributed by atoms with E-state index in [2.05, 4.69) is 39.7 Å². The number of aromatic nitrogens is 2. The van der Waals surface area contributed by atoms with Crippen LogP contribution in [0.3, 0.4) is 0 Å². The van der Waals surface area contributed by atoms with Crippen molar-refractivity contribution < 1.29 is 0 Å². The minimum Gasteiger partial charge on any atom is -0.313 e. The zero-order valence-electron chi connectivity index (χ0n) is 7.01. The smallest absolute Gasteiger partial charge is 0.0645 e. The average Bonchev–Trinajstić information content (AvgIpc) is 2.56. The van der Waals surface area contributed by atoms with Gasteiger partial charge in [0.2, 0.25) is 0 Å². The van der Waals surface area contributed by atoms with E-state index in [0.29, 0.717) is 0 Å². The molecule has 0 radical (unpaired) electrons. The number of hydrogen-bond donors (Lipinski definition) is 0. The highest BCUT2D eigenvalue weighted by Gasteiger charge is 1.98. The van der Waals surface area contributed by atoms with Gasteiger partial charge in [0.05, 0.1) is 17.2 Å². The van der Waals surface area contributed by atoms with E-state index in [1.54, 1.807) is 6.20 Å². The molecule has 0 amide bonds. The maximum Gasteiger partial charge on any atom is 0.0645 e. The lowest BCUT2D eigenvalue weighted by atomic mass is 10.2. The van der Waals surface area contributed by atoms with Gasteiger partial charge < -0.3 is 4.40 Å². The molecule has 0 saturated heterocycles. The molecule has 0 fully saturated rings. The van der Waals surface area contributed by atoms with Gasteiger partial charge in [-0.05, 0) is 12.1 Å². The molecule has 3 aromatic rings. The van der Waals surface area contributed by atoms with E-state index in [1.807, 2.05) is 12.4 Å². The van der Waals surface area contributed by atoms with Gasteiger partial charge in [-0.2, -0.15) is 0 Å². The fraction of sp³-hybridized carbons (Fsp3) is 0. The Morgan fingerprint density at radius 3 is 3.08 bits per heavy atom. The molecule has 0 saturated carbocycles. The van der Waals surface area contributed by atoms with Gasteiger partial charge in [-0.1, -0.05) is 18.2 Å². The molecule has 0 aliphatic carbocycles. The second-order valence-corrected chi connectivity index (χ2v) is 3.07. The van der Waals surface area contributed by atoms with Gasteiger partial charge in [0.1, 0.15) is 0 Å². The van der Waals surface area contributed by atoms with Crippen LogP contribution in [0.2, 0.25) is 0 Å². The predicted molar refractivity (Wildman–Crippen MR) is 52.7 cm³/mol. The zero-order chi connectivity index (χ0) is 8.67. The molecule has 2 heterocycles. The lowest BCUT2D eigenvalue weighted by molar-refractivity contribution is 1.18. The molecular formula is C11H8N2. The van der Waals surface area contributed by atoms with Crippen molar-refractivity contribution in [3.8, 4) is 0 Å². The molecule has 2 nitrogen and oxygen atoms in total. The van der Waals surface area contributed by atoms with Crippen LogP contribution in [0.4, 0.5) is 0 Å². The lowest BCUT2D eigenvalue weighted by Crippen LogP contribution is -1.82. The van der Waals surface area contributed by atoms with Crippen LogP contribution in [-0.4, -0.2) is 9.38 Å². The fourth-order valence-electron chi connectivity index (χ4n) is 1.69. The minimum absolute atomic E-state index is 1.14. The van der Waals surface area contributed by atoms with Crippen molar-refractivity contribution in [2.24, 2.45) is 0 Å². The van der Waals surface area contributed by atoms with Crippen LogP contribution in [0.15, 0.2) is 48.9 Å². The second-order valence-electron chi connectivity index (χ2n) is 3.07. The monoisotopic (exact) mass is 168 g/mol. The molecule has 13 heavy (non-hydrogen) atoms. The Morgan fingerprint density at radius 1 is 1.15 bits per heavy atom. The number of fused-ring (bicyclic) bond motifs is 3. The van der Waals surface area contributed by atoms with Crippen molar-refractivity contribution in [2.45, 2.75) is 0 Å². The minimum atomic E-state index is 1.14. The summed E-state index contributed by atoms with van der Waals surface area (Å²) in [6.45, 7) is 0. The average molecular weight is 168 g/mol. The van der Waals surface area contributed by atoms with Crippen LogP contribution >= 0.6 is 0 Å². The van der Waals surface area contributed by atoms with Crippen LogP contribution in [-0.2, 0) is 0 Å². The quantitative estimate of drug-likeness (QED) is 0.504. The summed E-state index contributed by atoms with van der Waals surface area (Å²) in [7, 11) is 0. The molecule has 1 aromatic carbocycles. The number of benzene rings is 1. The van der Waals surface area contributed by atoms with Crippen LogP contribution < -0.4 is 0 Å². The third-order valence-corrected chi connectivity index (χ3v) is 2.29. The first kappa shape index (κ1) is 6.66. The van der Waals surface area contributed by atoms with E-state index in [9.17, 15) is 0 Å². The second kappa shape index (κ2) is 2.33. The Morgan fingerprint density at radius 2 is 2.08 bits per heavy atom. The Bertz CT molecular complexity index is 516. The first-order valence-electron chi connectivity index (χ1n) is 4.25.